The van der Waals surface area contributed by atoms with Crippen LogP contribution >= 0.6 is 11.3 Å². The lowest BCUT2D eigenvalue weighted by Crippen LogP contribution is -2.39. The van der Waals surface area contributed by atoms with Crippen LogP contribution < -0.4 is 0 Å². The molecule has 24 heavy (non-hydrogen) atoms. The Kier molecular flexibility index (Phi) is 4.37. The summed E-state index contributed by atoms with van der Waals surface area (Å²) < 4.78 is 2.16. The molecule has 0 spiro atoms. The Hall–Kier alpha value is -1.73. The van der Waals surface area contributed by atoms with E-state index < -0.39 is 0 Å². The summed E-state index contributed by atoms with van der Waals surface area (Å²) in [5.74, 6) is 0.307. The highest BCUT2D eigenvalue weighted by Gasteiger charge is 2.28. The highest BCUT2D eigenvalue weighted by molar-refractivity contribution is 7.09. The van der Waals surface area contributed by atoms with Gasteiger partial charge in [-0.2, -0.15) is 5.10 Å². The average Bonchev–Trinajstić information content (AvgIpc) is 3.27. The Bertz CT molecular complexity index is 724. The molecule has 7 heteroatoms. The van der Waals surface area contributed by atoms with E-state index in [0.717, 1.165) is 51.3 Å². The molecule has 2 aromatic rings. The van der Waals surface area contributed by atoms with Crippen LogP contribution in [0.25, 0.3) is 0 Å². The van der Waals surface area contributed by atoms with Crippen molar-refractivity contribution in [2.24, 2.45) is 0 Å². The summed E-state index contributed by atoms with van der Waals surface area (Å²) >= 11 is 1.73. The van der Waals surface area contributed by atoms with Gasteiger partial charge in [0.25, 0.3) is 0 Å². The van der Waals surface area contributed by atoms with Crippen LogP contribution in [0.2, 0.25) is 0 Å². The number of carbonyl (C=O) groups is 1. The number of likely N-dealkylation sites (tertiary alicyclic amines) is 1. The van der Waals surface area contributed by atoms with Crippen molar-refractivity contribution >= 4 is 17.2 Å². The van der Waals surface area contributed by atoms with Crippen LogP contribution in [0, 0.1) is 6.92 Å². The van der Waals surface area contributed by atoms with Gasteiger partial charge >= 0.3 is 0 Å². The lowest BCUT2D eigenvalue weighted by Gasteiger charge is -2.34. The minimum atomic E-state index is 0.307. The van der Waals surface area contributed by atoms with Crippen LogP contribution in [-0.2, 0) is 17.9 Å². The number of thiazole rings is 1. The third-order valence-corrected chi connectivity index (χ3v) is 5.83. The number of aromatic nitrogens is 3. The molecule has 2 aromatic heterocycles. The van der Waals surface area contributed by atoms with E-state index in [9.17, 15) is 4.79 Å². The van der Waals surface area contributed by atoms with E-state index in [-0.39, 0.29) is 0 Å². The summed E-state index contributed by atoms with van der Waals surface area (Å²) in [5.41, 5.74) is 2.36. The molecular weight excluding hydrogens is 322 g/mol. The van der Waals surface area contributed by atoms with E-state index in [0.29, 0.717) is 18.4 Å². The van der Waals surface area contributed by atoms with E-state index >= 15 is 0 Å². The molecule has 0 N–H and O–H groups in total. The minimum absolute atomic E-state index is 0.307. The van der Waals surface area contributed by atoms with Crippen LogP contribution in [-0.4, -0.2) is 50.1 Å². The predicted molar refractivity (Wildman–Crippen MR) is 92.7 cm³/mol. The standard InChI is InChI=1S/C17H23N5OS/c1-13-12-24-16(19-13)11-20-9-14-4-6-18-22(14)15(10-20)5-8-21-7-2-3-17(21)23/h4,6,12,15H,2-3,5,7-11H2,1H3/t15-/m1/s1. The number of rotatable bonds is 5. The smallest absolute Gasteiger partial charge is 0.222 e. The van der Waals surface area contributed by atoms with Gasteiger partial charge in [-0.1, -0.05) is 0 Å². The lowest BCUT2D eigenvalue weighted by molar-refractivity contribution is -0.127. The molecule has 1 saturated heterocycles. The van der Waals surface area contributed by atoms with Gasteiger partial charge in [0.05, 0.1) is 18.3 Å². The lowest BCUT2D eigenvalue weighted by atomic mass is 10.1. The molecule has 2 aliphatic rings. The van der Waals surface area contributed by atoms with Crippen molar-refractivity contribution < 1.29 is 4.79 Å². The number of nitrogens with zero attached hydrogens (tertiary/aromatic N) is 5. The maximum absolute atomic E-state index is 11.8. The predicted octanol–water partition coefficient (Wildman–Crippen LogP) is 2.22. The Balaban J connectivity index is 1.43. The van der Waals surface area contributed by atoms with Gasteiger partial charge in [0, 0.05) is 49.9 Å². The second-order valence-electron chi connectivity index (χ2n) is 6.75. The molecule has 0 unspecified atom stereocenters. The molecule has 0 aromatic carbocycles. The molecule has 1 atom stereocenters. The Morgan fingerprint density at radius 3 is 3.08 bits per heavy atom. The first kappa shape index (κ1) is 15.8. The SMILES string of the molecule is Cc1csc(CN2Cc3ccnn3[C@H](CCN3CCCC3=O)C2)n1. The number of fused-ring (bicyclic) bond motifs is 1. The van der Waals surface area contributed by atoms with Gasteiger partial charge in [0.2, 0.25) is 5.91 Å². The minimum Gasteiger partial charge on any atom is -0.343 e. The Morgan fingerprint density at radius 2 is 2.33 bits per heavy atom. The van der Waals surface area contributed by atoms with Crippen molar-refractivity contribution in [3.63, 3.8) is 0 Å². The van der Waals surface area contributed by atoms with Crippen molar-refractivity contribution in [2.75, 3.05) is 19.6 Å². The van der Waals surface area contributed by atoms with Gasteiger partial charge in [-0.3, -0.25) is 14.4 Å². The molecule has 6 nitrogen and oxygen atoms in total. The van der Waals surface area contributed by atoms with Crippen LogP contribution in [0.5, 0.6) is 0 Å². The molecular formula is C17H23N5OS. The number of aryl methyl sites for hydroxylation is 1. The van der Waals surface area contributed by atoms with E-state index in [4.69, 9.17) is 0 Å². The van der Waals surface area contributed by atoms with Gasteiger partial charge in [-0.05, 0) is 25.8 Å². The first-order valence-electron chi connectivity index (χ1n) is 8.62. The zero-order valence-corrected chi connectivity index (χ0v) is 14.8. The maximum atomic E-state index is 11.8. The average molecular weight is 345 g/mol. The number of hydrogen-bond donors (Lipinski definition) is 0. The molecule has 0 aliphatic carbocycles. The second kappa shape index (κ2) is 6.64. The molecule has 128 valence electrons. The van der Waals surface area contributed by atoms with Crippen LogP contribution in [0.1, 0.15) is 41.7 Å². The van der Waals surface area contributed by atoms with Crippen LogP contribution in [0.15, 0.2) is 17.6 Å². The zero-order chi connectivity index (χ0) is 16.5. The largest absolute Gasteiger partial charge is 0.343 e. The first-order valence-corrected chi connectivity index (χ1v) is 9.50. The van der Waals surface area contributed by atoms with Gasteiger partial charge in [0.15, 0.2) is 0 Å². The summed E-state index contributed by atoms with van der Waals surface area (Å²) in [6.07, 6.45) is 4.58. The Morgan fingerprint density at radius 1 is 1.42 bits per heavy atom. The van der Waals surface area contributed by atoms with Crippen LogP contribution in [0.3, 0.4) is 0 Å². The molecule has 2 aliphatic heterocycles. The highest BCUT2D eigenvalue weighted by atomic mass is 32.1. The fourth-order valence-electron chi connectivity index (χ4n) is 3.71. The fourth-order valence-corrected chi connectivity index (χ4v) is 4.52. The molecule has 1 amide bonds. The van der Waals surface area contributed by atoms with E-state index in [1.807, 2.05) is 18.0 Å². The number of amides is 1. The summed E-state index contributed by atoms with van der Waals surface area (Å²) in [7, 11) is 0. The quantitative estimate of drug-likeness (QED) is 0.834. The normalized spacial score (nSPS) is 21.5. The number of hydrogen-bond acceptors (Lipinski definition) is 5. The number of carbonyl (C=O) groups excluding carboxylic acids is 1. The van der Waals surface area contributed by atoms with Crippen molar-refractivity contribution in [1.29, 1.82) is 0 Å². The molecule has 4 rings (SSSR count). The summed E-state index contributed by atoms with van der Waals surface area (Å²) in [6.45, 7) is 6.57. The zero-order valence-electron chi connectivity index (χ0n) is 14.0. The highest BCUT2D eigenvalue weighted by Crippen LogP contribution is 2.26. The molecule has 4 heterocycles. The summed E-state index contributed by atoms with van der Waals surface area (Å²) in [6, 6.07) is 2.44. The van der Waals surface area contributed by atoms with E-state index in [1.165, 1.54) is 10.7 Å². The van der Waals surface area contributed by atoms with Gasteiger partial charge in [-0.15, -0.1) is 11.3 Å². The summed E-state index contributed by atoms with van der Waals surface area (Å²) in [5, 5.41) is 7.81. The Labute approximate surface area is 146 Å². The molecule has 1 fully saturated rings. The van der Waals surface area contributed by atoms with Crippen molar-refractivity contribution in [2.45, 2.75) is 45.3 Å². The monoisotopic (exact) mass is 345 g/mol. The van der Waals surface area contributed by atoms with Crippen LogP contribution in [0.4, 0.5) is 0 Å². The maximum Gasteiger partial charge on any atom is 0.222 e. The summed E-state index contributed by atoms with van der Waals surface area (Å²) in [4.78, 5) is 20.9. The van der Waals surface area contributed by atoms with E-state index in [2.05, 4.69) is 31.1 Å². The fraction of sp³-hybridized carbons (Fsp3) is 0.588. The van der Waals surface area contributed by atoms with Crippen molar-refractivity contribution in [3.8, 4) is 0 Å². The van der Waals surface area contributed by atoms with Crippen molar-refractivity contribution in [1.82, 2.24) is 24.6 Å². The topological polar surface area (TPSA) is 54.3 Å². The third kappa shape index (κ3) is 3.23. The second-order valence-corrected chi connectivity index (χ2v) is 7.69. The van der Waals surface area contributed by atoms with Gasteiger partial charge in [0.1, 0.15) is 5.01 Å². The van der Waals surface area contributed by atoms with E-state index in [1.54, 1.807) is 11.3 Å². The molecule has 0 bridgehead atoms. The van der Waals surface area contributed by atoms with Crippen molar-refractivity contribution in [3.05, 3.63) is 34.0 Å². The van der Waals surface area contributed by atoms with Gasteiger partial charge < -0.3 is 4.90 Å². The third-order valence-electron chi connectivity index (χ3n) is 4.88. The first-order chi connectivity index (χ1) is 11.7. The van der Waals surface area contributed by atoms with Gasteiger partial charge in [-0.25, -0.2) is 4.98 Å². The molecule has 0 saturated carbocycles. The molecule has 0 radical (unpaired) electrons.